The van der Waals surface area contributed by atoms with Gasteiger partial charge in [0.15, 0.2) is 5.82 Å². The number of benzene rings is 1. The molecule has 4 heterocycles. The Hall–Kier alpha value is -3.68. The molecule has 0 radical (unpaired) electrons. The molecule has 3 aromatic rings. The third-order valence-corrected chi connectivity index (χ3v) is 7.26. The van der Waals surface area contributed by atoms with E-state index in [0.29, 0.717) is 4.31 Å². The van der Waals surface area contributed by atoms with E-state index in [4.69, 9.17) is 9.47 Å². The first-order valence-corrected chi connectivity index (χ1v) is 12.0. The summed E-state index contributed by atoms with van der Waals surface area (Å²) in [6, 6.07) is 3.38. The molecule has 35 heavy (non-hydrogen) atoms. The quantitative estimate of drug-likeness (QED) is 0.495. The third kappa shape index (κ3) is 4.17. The van der Waals surface area contributed by atoms with Crippen molar-refractivity contribution in [3.8, 4) is 11.8 Å². The Morgan fingerprint density at radius 3 is 2.63 bits per heavy atom. The molecule has 2 bridgehead atoms. The summed E-state index contributed by atoms with van der Waals surface area (Å²) in [6.07, 6.45) is -3.84. The molecular formula is C21H17F4N5O4S. The fraction of sp³-hybridized carbons (Fsp3) is 0.286. The van der Waals surface area contributed by atoms with Gasteiger partial charge in [-0.1, -0.05) is 6.58 Å². The van der Waals surface area contributed by atoms with Gasteiger partial charge in [0.25, 0.3) is 0 Å². The van der Waals surface area contributed by atoms with E-state index in [1.54, 1.807) is 0 Å². The van der Waals surface area contributed by atoms with Crippen molar-refractivity contribution < 1.29 is 35.5 Å². The van der Waals surface area contributed by atoms with Gasteiger partial charge in [-0.05, 0) is 24.6 Å². The van der Waals surface area contributed by atoms with Gasteiger partial charge >= 0.3 is 12.2 Å². The first-order chi connectivity index (χ1) is 16.5. The number of anilines is 2. The molecule has 0 amide bonds. The monoisotopic (exact) mass is 511 g/mol. The number of pyridine rings is 1. The molecule has 2 aliphatic rings. The van der Waals surface area contributed by atoms with E-state index in [1.807, 2.05) is 0 Å². The Balaban J connectivity index is 1.77. The maximum Gasteiger partial charge on any atom is 0.420 e. The molecule has 0 saturated carbocycles. The van der Waals surface area contributed by atoms with Gasteiger partial charge in [-0.25, -0.2) is 17.8 Å². The lowest BCUT2D eigenvalue weighted by Crippen LogP contribution is -2.29. The van der Waals surface area contributed by atoms with Crippen molar-refractivity contribution in [3.05, 3.63) is 47.9 Å². The van der Waals surface area contributed by atoms with Gasteiger partial charge in [0.2, 0.25) is 10.0 Å². The Morgan fingerprint density at radius 1 is 1.14 bits per heavy atom. The van der Waals surface area contributed by atoms with Gasteiger partial charge in [0.05, 0.1) is 22.9 Å². The molecule has 0 spiro atoms. The fourth-order valence-corrected chi connectivity index (χ4v) is 5.47. The summed E-state index contributed by atoms with van der Waals surface area (Å²) >= 11 is 0. The van der Waals surface area contributed by atoms with Crippen LogP contribution in [0.15, 0.2) is 31.0 Å². The van der Waals surface area contributed by atoms with E-state index in [1.165, 1.54) is 6.07 Å². The predicted octanol–water partition coefficient (Wildman–Crippen LogP) is 3.58. The third-order valence-electron chi connectivity index (χ3n) is 5.43. The Bertz CT molecular complexity index is 1460. The molecule has 14 heteroatoms. The largest absolute Gasteiger partial charge is 0.489 e. The molecule has 5 rings (SSSR count). The van der Waals surface area contributed by atoms with Crippen molar-refractivity contribution in [1.82, 2.24) is 15.0 Å². The molecule has 0 aliphatic carbocycles. The number of hydrogen-bond donors (Lipinski definition) is 1. The summed E-state index contributed by atoms with van der Waals surface area (Å²) < 4.78 is 93.8. The minimum atomic E-state index is -5.02. The van der Waals surface area contributed by atoms with E-state index in [0.717, 1.165) is 18.3 Å². The van der Waals surface area contributed by atoms with Crippen LogP contribution in [0.4, 0.5) is 29.2 Å². The molecule has 1 aromatic carbocycles. The summed E-state index contributed by atoms with van der Waals surface area (Å²) in [5.41, 5.74) is -1.41. The second kappa shape index (κ2) is 8.22. The number of nitrogens with zero attached hydrogens (tertiary/aromatic N) is 4. The van der Waals surface area contributed by atoms with Crippen LogP contribution in [0, 0.1) is 5.82 Å². The van der Waals surface area contributed by atoms with E-state index in [9.17, 15) is 26.0 Å². The first kappa shape index (κ1) is 23.1. The van der Waals surface area contributed by atoms with Gasteiger partial charge < -0.3 is 14.8 Å². The topological polar surface area (TPSA) is 107 Å². The molecule has 1 N–H and O–H groups in total. The second-order valence-corrected chi connectivity index (χ2v) is 9.77. The van der Waals surface area contributed by atoms with Crippen molar-refractivity contribution in [3.63, 3.8) is 0 Å². The summed E-state index contributed by atoms with van der Waals surface area (Å²) in [5.74, 6) is -1.82. The summed E-state index contributed by atoms with van der Waals surface area (Å²) in [6.45, 7) is 3.62. The molecule has 2 aromatic heterocycles. The van der Waals surface area contributed by atoms with E-state index in [2.05, 4.69) is 26.8 Å². The highest BCUT2D eigenvalue weighted by Crippen LogP contribution is 2.44. The van der Waals surface area contributed by atoms with E-state index in [-0.39, 0.29) is 66.3 Å². The molecule has 0 atom stereocenters. The number of nitrogens with one attached hydrogen (secondary N) is 1. The molecular weight excluding hydrogens is 494 g/mol. The predicted molar refractivity (Wildman–Crippen MR) is 118 cm³/mol. The van der Waals surface area contributed by atoms with Crippen LogP contribution >= 0.6 is 0 Å². The molecule has 0 unspecified atom stereocenters. The highest BCUT2D eigenvalue weighted by molar-refractivity contribution is 7.93. The van der Waals surface area contributed by atoms with Crippen LogP contribution in [0.3, 0.4) is 0 Å². The average Bonchev–Trinajstić information content (AvgIpc) is 3.13. The Kier molecular flexibility index (Phi) is 5.42. The van der Waals surface area contributed by atoms with Gasteiger partial charge in [-0.15, -0.1) is 0 Å². The Labute approximate surface area is 196 Å². The first-order valence-electron chi connectivity index (χ1n) is 10.3. The number of sulfonamides is 1. The van der Waals surface area contributed by atoms with Gasteiger partial charge in [-0.3, -0.25) is 4.31 Å². The summed E-state index contributed by atoms with van der Waals surface area (Å²) in [5, 5.41) is 2.16. The lowest BCUT2D eigenvalue weighted by Gasteiger charge is -2.23. The fourth-order valence-electron chi connectivity index (χ4n) is 3.94. The minimum absolute atomic E-state index is 0.00682. The molecule has 184 valence electrons. The smallest absolute Gasteiger partial charge is 0.420 e. The van der Waals surface area contributed by atoms with Crippen molar-refractivity contribution in [2.45, 2.75) is 12.6 Å². The standard InChI is InChI=1S/C21H17F4N5O4S/c1-11-13-9-12(22)3-4-15(13)33-6-7-34-20-28-14-10-26-19(30-5-2-8-35(30,31)32)17(21(23,24)25)16(14)18(27-11)29-20/h3-4,9-10H,1-2,5-8H2,(H,27,28,29). The number of rotatable bonds is 1. The summed E-state index contributed by atoms with van der Waals surface area (Å²) in [4.78, 5) is 11.9. The van der Waals surface area contributed by atoms with Crippen molar-refractivity contribution >= 4 is 38.3 Å². The zero-order valence-electron chi connectivity index (χ0n) is 17.9. The van der Waals surface area contributed by atoms with Crippen molar-refractivity contribution in [2.24, 2.45) is 0 Å². The van der Waals surface area contributed by atoms with Crippen LogP contribution in [0.25, 0.3) is 16.6 Å². The van der Waals surface area contributed by atoms with Gasteiger partial charge in [0, 0.05) is 17.8 Å². The van der Waals surface area contributed by atoms with Gasteiger partial charge in [0.1, 0.15) is 36.2 Å². The maximum absolute atomic E-state index is 14.4. The number of alkyl halides is 3. The van der Waals surface area contributed by atoms with Gasteiger partial charge in [-0.2, -0.15) is 23.1 Å². The maximum atomic E-state index is 14.4. The van der Waals surface area contributed by atoms with Crippen LogP contribution in [0.1, 0.15) is 17.5 Å². The van der Waals surface area contributed by atoms with Crippen LogP contribution in [0.2, 0.25) is 0 Å². The lowest BCUT2D eigenvalue weighted by atomic mass is 10.1. The zero-order valence-corrected chi connectivity index (χ0v) is 18.7. The van der Waals surface area contributed by atoms with E-state index < -0.39 is 38.8 Å². The minimum Gasteiger partial charge on any atom is -0.489 e. The molecule has 1 saturated heterocycles. The number of aromatic nitrogens is 3. The highest BCUT2D eigenvalue weighted by atomic mass is 32.2. The van der Waals surface area contributed by atoms with E-state index >= 15 is 0 Å². The normalized spacial score (nSPS) is 17.7. The zero-order chi connectivity index (χ0) is 25.0. The molecule has 2 aliphatic heterocycles. The van der Waals surface area contributed by atoms with Crippen LogP contribution in [-0.4, -0.2) is 48.9 Å². The van der Waals surface area contributed by atoms with Crippen molar-refractivity contribution in [1.29, 1.82) is 0 Å². The van der Waals surface area contributed by atoms with Crippen LogP contribution in [0.5, 0.6) is 11.8 Å². The average molecular weight is 511 g/mol. The number of fused-ring (bicyclic) bond motifs is 5. The number of ether oxygens (including phenoxy) is 2. The second-order valence-electron chi connectivity index (χ2n) is 7.75. The molecule has 9 nitrogen and oxygen atoms in total. The van der Waals surface area contributed by atoms with Crippen LogP contribution in [-0.2, 0) is 16.2 Å². The SMILES string of the molecule is C=C1Nc2nc(nc3cnc(N4CCCS4(=O)=O)c(C(F)(F)F)c23)OCCOc2ccc(F)cc21. The lowest BCUT2D eigenvalue weighted by molar-refractivity contribution is -0.135. The number of halogens is 4. The Morgan fingerprint density at radius 2 is 1.91 bits per heavy atom. The highest BCUT2D eigenvalue weighted by Gasteiger charge is 2.43. The molecule has 1 fully saturated rings. The summed E-state index contributed by atoms with van der Waals surface area (Å²) in [7, 11) is -3.98. The number of hydrogen-bond acceptors (Lipinski definition) is 8. The van der Waals surface area contributed by atoms with Crippen molar-refractivity contribution in [2.75, 3.05) is 35.1 Å². The van der Waals surface area contributed by atoms with Crippen LogP contribution < -0.4 is 19.1 Å².